The standard InChI is InChI=1S/C12H14N4OS/c13-12-15-10-1-2-16(6-11(10)18-12)9-3-8(7-17)4-14-5-9/h3-5,17H,1-2,6-7H2,(H2,13,15). The summed E-state index contributed by atoms with van der Waals surface area (Å²) in [5, 5.41) is 9.78. The highest BCUT2D eigenvalue weighted by Gasteiger charge is 2.20. The first-order chi connectivity index (χ1) is 8.76. The summed E-state index contributed by atoms with van der Waals surface area (Å²) in [6, 6.07) is 1.97. The highest BCUT2D eigenvalue weighted by Crippen LogP contribution is 2.29. The molecule has 6 heteroatoms. The lowest BCUT2D eigenvalue weighted by Gasteiger charge is -2.28. The lowest BCUT2D eigenvalue weighted by atomic mass is 10.1. The molecule has 5 nitrogen and oxygen atoms in total. The Morgan fingerprint density at radius 3 is 3.17 bits per heavy atom. The molecule has 0 saturated carbocycles. The van der Waals surface area contributed by atoms with Crippen LogP contribution in [-0.4, -0.2) is 21.6 Å². The zero-order valence-electron chi connectivity index (χ0n) is 9.83. The number of thiazole rings is 1. The molecule has 0 atom stereocenters. The summed E-state index contributed by atoms with van der Waals surface area (Å²) in [6.45, 7) is 1.75. The van der Waals surface area contributed by atoms with Gasteiger partial charge >= 0.3 is 0 Å². The number of hydrogen-bond acceptors (Lipinski definition) is 6. The van der Waals surface area contributed by atoms with E-state index in [1.165, 1.54) is 4.88 Å². The molecule has 0 radical (unpaired) electrons. The summed E-state index contributed by atoms with van der Waals surface area (Å²) < 4.78 is 0. The van der Waals surface area contributed by atoms with Crippen molar-refractivity contribution in [2.75, 3.05) is 17.2 Å². The number of hydrogen-bond donors (Lipinski definition) is 2. The van der Waals surface area contributed by atoms with Crippen LogP contribution in [0.25, 0.3) is 0 Å². The van der Waals surface area contributed by atoms with Gasteiger partial charge in [-0.3, -0.25) is 4.98 Å². The van der Waals surface area contributed by atoms with Crippen molar-refractivity contribution in [1.29, 1.82) is 0 Å². The van der Waals surface area contributed by atoms with Gasteiger partial charge in [0.1, 0.15) is 0 Å². The van der Waals surface area contributed by atoms with Crippen LogP contribution >= 0.6 is 11.3 Å². The van der Waals surface area contributed by atoms with Gasteiger partial charge in [0.15, 0.2) is 5.13 Å². The van der Waals surface area contributed by atoms with Crippen molar-refractivity contribution < 1.29 is 5.11 Å². The molecule has 2 aromatic rings. The fraction of sp³-hybridized carbons (Fsp3) is 0.333. The van der Waals surface area contributed by atoms with E-state index in [9.17, 15) is 0 Å². The zero-order chi connectivity index (χ0) is 12.5. The van der Waals surface area contributed by atoms with Crippen LogP contribution in [0.15, 0.2) is 18.5 Å². The van der Waals surface area contributed by atoms with Crippen LogP contribution < -0.4 is 10.6 Å². The summed E-state index contributed by atoms with van der Waals surface area (Å²) in [7, 11) is 0. The second kappa shape index (κ2) is 4.55. The van der Waals surface area contributed by atoms with E-state index in [0.29, 0.717) is 5.13 Å². The minimum Gasteiger partial charge on any atom is -0.392 e. The summed E-state index contributed by atoms with van der Waals surface area (Å²) in [5.74, 6) is 0. The Balaban J connectivity index is 1.86. The number of anilines is 2. The summed E-state index contributed by atoms with van der Waals surface area (Å²) >= 11 is 1.55. The quantitative estimate of drug-likeness (QED) is 0.850. The fourth-order valence-electron chi connectivity index (χ4n) is 2.17. The highest BCUT2D eigenvalue weighted by molar-refractivity contribution is 7.15. The minimum atomic E-state index is 0.0213. The van der Waals surface area contributed by atoms with Gasteiger partial charge in [0, 0.05) is 24.0 Å². The number of nitrogens with zero attached hydrogens (tertiary/aromatic N) is 3. The maximum Gasteiger partial charge on any atom is 0.180 e. The fourth-order valence-corrected chi connectivity index (χ4v) is 3.06. The van der Waals surface area contributed by atoms with E-state index >= 15 is 0 Å². The second-order valence-corrected chi connectivity index (χ2v) is 5.42. The average Bonchev–Trinajstić information content (AvgIpc) is 2.77. The number of rotatable bonds is 2. The molecule has 3 rings (SSSR count). The van der Waals surface area contributed by atoms with Gasteiger partial charge < -0.3 is 15.7 Å². The van der Waals surface area contributed by atoms with Crippen molar-refractivity contribution in [3.8, 4) is 0 Å². The van der Waals surface area contributed by atoms with Crippen LogP contribution in [0.4, 0.5) is 10.8 Å². The molecule has 1 aliphatic rings. The predicted octanol–water partition coefficient (Wildman–Crippen LogP) is 1.18. The van der Waals surface area contributed by atoms with Crippen molar-refractivity contribution in [3.05, 3.63) is 34.6 Å². The maximum absolute atomic E-state index is 9.14. The van der Waals surface area contributed by atoms with E-state index in [2.05, 4.69) is 14.9 Å². The monoisotopic (exact) mass is 262 g/mol. The Hall–Kier alpha value is -1.66. The van der Waals surface area contributed by atoms with Crippen LogP contribution in [0.2, 0.25) is 0 Å². The van der Waals surface area contributed by atoms with E-state index in [0.717, 1.165) is 36.5 Å². The van der Waals surface area contributed by atoms with Gasteiger partial charge in [-0.1, -0.05) is 0 Å². The third kappa shape index (κ3) is 2.04. The first-order valence-electron chi connectivity index (χ1n) is 5.80. The highest BCUT2D eigenvalue weighted by atomic mass is 32.1. The molecule has 1 aliphatic heterocycles. The van der Waals surface area contributed by atoms with Crippen molar-refractivity contribution >= 4 is 22.2 Å². The largest absolute Gasteiger partial charge is 0.392 e. The Kier molecular flexibility index (Phi) is 2.89. The van der Waals surface area contributed by atoms with E-state index in [4.69, 9.17) is 10.8 Å². The minimum absolute atomic E-state index is 0.0213. The predicted molar refractivity (Wildman–Crippen MR) is 71.4 cm³/mol. The van der Waals surface area contributed by atoms with Crippen molar-refractivity contribution in [3.63, 3.8) is 0 Å². The average molecular weight is 262 g/mol. The molecular formula is C12H14N4OS. The van der Waals surface area contributed by atoms with Crippen LogP contribution in [0.5, 0.6) is 0 Å². The van der Waals surface area contributed by atoms with Gasteiger partial charge in [0.25, 0.3) is 0 Å². The zero-order valence-corrected chi connectivity index (χ0v) is 10.7. The Morgan fingerprint density at radius 2 is 2.33 bits per heavy atom. The summed E-state index contributed by atoms with van der Waals surface area (Å²) in [4.78, 5) is 12.0. The number of nitrogens with two attached hydrogens (primary N) is 1. The number of aliphatic hydroxyl groups excluding tert-OH is 1. The molecule has 94 valence electrons. The normalized spacial score (nSPS) is 14.6. The van der Waals surface area contributed by atoms with E-state index < -0.39 is 0 Å². The third-order valence-electron chi connectivity index (χ3n) is 3.08. The number of nitrogen functional groups attached to an aromatic ring is 1. The van der Waals surface area contributed by atoms with Gasteiger partial charge in [0.05, 0.1) is 30.7 Å². The lowest BCUT2D eigenvalue weighted by Crippen LogP contribution is -2.29. The smallest absolute Gasteiger partial charge is 0.180 e. The SMILES string of the molecule is Nc1nc2c(s1)CN(c1cncc(CO)c1)CC2. The second-order valence-electron chi connectivity index (χ2n) is 4.30. The number of aliphatic hydroxyl groups is 1. The van der Waals surface area contributed by atoms with Gasteiger partial charge in [-0.2, -0.15) is 0 Å². The topological polar surface area (TPSA) is 75.3 Å². The first-order valence-corrected chi connectivity index (χ1v) is 6.61. The molecular weight excluding hydrogens is 248 g/mol. The van der Waals surface area contributed by atoms with Gasteiger partial charge in [0.2, 0.25) is 0 Å². The molecule has 3 N–H and O–H groups in total. The third-order valence-corrected chi connectivity index (χ3v) is 3.99. The Morgan fingerprint density at radius 1 is 1.44 bits per heavy atom. The van der Waals surface area contributed by atoms with Crippen molar-refractivity contribution in [2.45, 2.75) is 19.6 Å². The van der Waals surface area contributed by atoms with Crippen LogP contribution in [0, 0.1) is 0 Å². The number of aromatic nitrogens is 2. The molecule has 0 unspecified atom stereocenters. The molecule has 0 amide bonds. The van der Waals surface area contributed by atoms with Gasteiger partial charge in [-0.15, -0.1) is 11.3 Å². The van der Waals surface area contributed by atoms with Crippen LogP contribution in [0.3, 0.4) is 0 Å². The van der Waals surface area contributed by atoms with E-state index in [1.807, 2.05) is 12.3 Å². The van der Waals surface area contributed by atoms with E-state index in [1.54, 1.807) is 17.5 Å². The molecule has 0 fully saturated rings. The van der Waals surface area contributed by atoms with Crippen molar-refractivity contribution in [1.82, 2.24) is 9.97 Å². The Labute approximate surface area is 109 Å². The molecule has 0 aromatic carbocycles. The lowest BCUT2D eigenvalue weighted by molar-refractivity contribution is 0.281. The molecule has 0 aliphatic carbocycles. The molecule has 18 heavy (non-hydrogen) atoms. The molecule has 0 spiro atoms. The van der Waals surface area contributed by atoms with Crippen molar-refractivity contribution in [2.24, 2.45) is 0 Å². The van der Waals surface area contributed by atoms with Gasteiger partial charge in [-0.05, 0) is 11.6 Å². The van der Waals surface area contributed by atoms with Crippen LogP contribution in [0.1, 0.15) is 16.1 Å². The van der Waals surface area contributed by atoms with Crippen LogP contribution in [-0.2, 0) is 19.6 Å². The molecule has 0 saturated heterocycles. The summed E-state index contributed by atoms with van der Waals surface area (Å²) in [5.41, 5.74) is 8.73. The first kappa shape index (κ1) is 11.4. The maximum atomic E-state index is 9.14. The Bertz CT molecular complexity index is 569. The number of fused-ring (bicyclic) bond motifs is 1. The number of pyridine rings is 1. The van der Waals surface area contributed by atoms with E-state index in [-0.39, 0.29) is 6.61 Å². The molecule has 3 heterocycles. The molecule has 2 aromatic heterocycles. The molecule has 0 bridgehead atoms. The van der Waals surface area contributed by atoms with Gasteiger partial charge in [-0.25, -0.2) is 4.98 Å². The summed E-state index contributed by atoms with van der Waals surface area (Å²) in [6.07, 6.45) is 4.42.